The predicted octanol–water partition coefficient (Wildman–Crippen LogP) is 2.64. The number of aryl methyl sites for hydroxylation is 1. The van der Waals surface area contributed by atoms with Gasteiger partial charge < -0.3 is 14.4 Å². The number of rotatable bonds is 4. The molecule has 0 aromatic heterocycles. The topological polar surface area (TPSA) is 59.1 Å². The molecule has 2 atom stereocenters. The maximum absolute atomic E-state index is 12.8. The molecule has 158 valence electrons. The first-order valence-corrected chi connectivity index (χ1v) is 10.8. The molecule has 3 fully saturated rings. The summed E-state index contributed by atoms with van der Waals surface area (Å²) < 4.78 is 11.1. The Morgan fingerprint density at radius 3 is 2.76 bits per heavy atom. The minimum absolute atomic E-state index is 0.117. The van der Waals surface area contributed by atoms with Crippen molar-refractivity contribution in [1.29, 1.82) is 0 Å². The molecule has 6 heteroatoms. The van der Waals surface area contributed by atoms with Gasteiger partial charge in [0.2, 0.25) is 0 Å². The molecule has 0 bridgehead atoms. The van der Waals surface area contributed by atoms with E-state index in [0.29, 0.717) is 0 Å². The molecule has 1 spiro atoms. The molecule has 1 amide bonds. The van der Waals surface area contributed by atoms with Crippen molar-refractivity contribution in [2.75, 3.05) is 39.9 Å². The van der Waals surface area contributed by atoms with E-state index in [9.17, 15) is 9.59 Å². The first-order chi connectivity index (χ1) is 14.0. The maximum atomic E-state index is 12.8. The Kier molecular flexibility index (Phi) is 5.93. The van der Waals surface area contributed by atoms with Gasteiger partial charge in [-0.25, -0.2) is 0 Å². The number of carbonyl (C=O) groups is 2. The van der Waals surface area contributed by atoms with Crippen LogP contribution < -0.4 is 0 Å². The lowest BCUT2D eigenvalue weighted by Crippen LogP contribution is -2.44. The zero-order chi connectivity index (χ0) is 20.4. The van der Waals surface area contributed by atoms with E-state index in [2.05, 4.69) is 4.90 Å². The molecular weight excluding hydrogens is 368 g/mol. The van der Waals surface area contributed by atoms with Gasteiger partial charge in [0, 0.05) is 25.2 Å². The summed E-state index contributed by atoms with van der Waals surface area (Å²) in [5, 5.41) is 0. The highest BCUT2D eigenvalue weighted by Gasteiger charge is 2.44. The highest BCUT2D eigenvalue weighted by Crippen LogP contribution is 2.42. The van der Waals surface area contributed by atoms with Crippen molar-refractivity contribution in [2.24, 2.45) is 5.41 Å². The third-order valence-corrected chi connectivity index (χ3v) is 6.94. The molecule has 0 unspecified atom stereocenters. The SMILES string of the molecule is COC(=O)[C@@H]1CCCN1C[C@H]1CC2(CCN(C(=O)c3cccc(C)c3)CC2)CO1. The molecule has 3 aliphatic heterocycles. The summed E-state index contributed by atoms with van der Waals surface area (Å²) in [7, 11) is 1.46. The molecule has 1 aromatic carbocycles. The highest BCUT2D eigenvalue weighted by atomic mass is 16.5. The summed E-state index contributed by atoms with van der Waals surface area (Å²) in [6.45, 7) is 6.09. The number of hydrogen-bond donors (Lipinski definition) is 0. The van der Waals surface area contributed by atoms with Crippen LogP contribution in [-0.2, 0) is 14.3 Å². The Morgan fingerprint density at radius 1 is 1.24 bits per heavy atom. The number of likely N-dealkylation sites (tertiary alicyclic amines) is 2. The number of nitrogens with zero attached hydrogens (tertiary/aromatic N) is 2. The summed E-state index contributed by atoms with van der Waals surface area (Å²) >= 11 is 0. The van der Waals surface area contributed by atoms with Crippen molar-refractivity contribution in [3.8, 4) is 0 Å². The molecule has 3 heterocycles. The molecule has 1 aromatic rings. The summed E-state index contributed by atoms with van der Waals surface area (Å²) in [4.78, 5) is 29.0. The Labute approximate surface area is 173 Å². The number of ether oxygens (including phenoxy) is 2. The Balaban J connectivity index is 1.30. The average molecular weight is 401 g/mol. The minimum atomic E-state index is -0.127. The number of piperidine rings is 1. The van der Waals surface area contributed by atoms with E-state index in [1.807, 2.05) is 36.1 Å². The third-order valence-electron chi connectivity index (χ3n) is 6.94. The summed E-state index contributed by atoms with van der Waals surface area (Å²) in [5.41, 5.74) is 2.07. The summed E-state index contributed by atoms with van der Waals surface area (Å²) in [6, 6.07) is 7.72. The van der Waals surface area contributed by atoms with Gasteiger partial charge in [-0.05, 0) is 63.1 Å². The smallest absolute Gasteiger partial charge is 0.323 e. The number of amides is 1. The molecule has 3 saturated heterocycles. The van der Waals surface area contributed by atoms with Crippen molar-refractivity contribution < 1.29 is 19.1 Å². The fourth-order valence-electron chi connectivity index (χ4n) is 5.22. The Morgan fingerprint density at radius 2 is 2.03 bits per heavy atom. The molecule has 0 saturated carbocycles. The Hall–Kier alpha value is -1.92. The molecule has 0 radical (unpaired) electrons. The monoisotopic (exact) mass is 400 g/mol. The lowest BCUT2D eigenvalue weighted by Gasteiger charge is -2.38. The second-order valence-electron chi connectivity index (χ2n) is 8.97. The first kappa shape index (κ1) is 20.4. The van der Waals surface area contributed by atoms with Crippen molar-refractivity contribution in [2.45, 2.75) is 51.2 Å². The third kappa shape index (κ3) is 4.33. The standard InChI is InChI=1S/C23H32N2O4/c1-17-5-3-6-18(13-17)21(26)24-11-8-23(9-12-24)14-19(29-16-23)15-25-10-4-7-20(25)22(27)28-2/h3,5-6,13,19-20H,4,7-12,14-16H2,1-2H3/t19-,20+/m1/s1. The predicted molar refractivity (Wildman–Crippen MR) is 110 cm³/mol. The molecule has 0 aliphatic carbocycles. The van der Waals surface area contributed by atoms with E-state index < -0.39 is 0 Å². The van der Waals surface area contributed by atoms with Gasteiger partial charge in [-0.3, -0.25) is 14.5 Å². The van der Waals surface area contributed by atoms with Crippen LogP contribution in [0.15, 0.2) is 24.3 Å². The second-order valence-corrected chi connectivity index (χ2v) is 8.97. The van der Waals surface area contributed by atoms with E-state index in [-0.39, 0.29) is 29.4 Å². The van der Waals surface area contributed by atoms with Crippen LogP contribution in [0.5, 0.6) is 0 Å². The van der Waals surface area contributed by atoms with Gasteiger partial charge in [-0.15, -0.1) is 0 Å². The van der Waals surface area contributed by atoms with Gasteiger partial charge in [0.25, 0.3) is 5.91 Å². The lowest BCUT2D eigenvalue weighted by molar-refractivity contribution is -0.146. The van der Waals surface area contributed by atoms with Crippen LogP contribution in [0.4, 0.5) is 0 Å². The number of benzene rings is 1. The highest BCUT2D eigenvalue weighted by molar-refractivity contribution is 5.94. The van der Waals surface area contributed by atoms with Gasteiger partial charge in [-0.2, -0.15) is 0 Å². The van der Waals surface area contributed by atoms with E-state index >= 15 is 0 Å². The molecule has 0 N–H and O–H groups in total. The van der Waals surface area contributed by atoms with Crippen molar-refractivity contribution in [1.82, 2.24) is 9.80 Å². The quantitative estimate of drug-likeness (QED) is 0.728. The van der Waals surface area contributed by atoms with Gasteiger partial charge in [0.15, 0.2) is 0 Å². The van der Waals surface area contributed by atoms with E-state index in [1.165, 1.54) is 7.11 Å². The van der Waals surface area contributed by atoms with Crippen molar-refractivity contribution >= 4 is 11.9 Å². The normalized spacial score (nSPS) is 26.8. The van der Waals surface area contributed by atoms with Crippen LogP contribution in [0.25, 0.3) is 0 Å². The number of methoxy groups -OCH3 is 1. The zero-order valence-electron chi connectivity index (χ0n) is 17.6. The van der Waals surface area contributed by atoms with Gasteiger partial charge in [0.1, 0.15) is 6.04 Å². The first-order valence-electron chi connectivity index (χ1n) is 10.8. The number of hydrogen-bond acceptors (Lipinski definition) is 5. The van der Waals surface area contributed by atoms with Crippen LogP contribution in [-0.4, -0.2) is 73.7 Å². The van der Waals surface area contributed by atoms with Crippen LogP contribution in [0, 0.1) is 12.3 Å². The van der Waals surface area contributed by atoms with Crippen LogP contribution >= 0.6 is 0 Å². The van der Waals surface area contributed by atoms with Crippen LogP contribution in [0.3, 0.4) is 0 Å². The summed E-state index contributed by atoms with van der Waals surface area (Å²) in [6.07, 6.45) is 5.07. The van der Waals surface area contributed by atoms with E-state index in [0.717, 1.165) is 76.0 Å². The van der Waals surface area contributed by atoms with Gasteiger partial charge >= 0.3 is 5.97 Å². The molecule has 4 rings (SSSR count). The lowest BCUT2D eigenvalue weighted by atomic mass is 9.76. The molecular formula is C23H32N2O4. The molecule has 6 nitrogen and oxygen atoms in total. The van der Waals surface area contributed by atoms with E-state index in [4.69, 9.17) is 9.47 Å². The minimum Gasteiger partial charge on any atom is -0.468 e. The van der Waals surface area contributed by atoms with Crippen LogP contribution in [0.2, 0.25) is 0 Å². The van der Waals surface area contributed by atoms with E-state index in [1.54, 1.807) is 0 Å². The molecule has 3 aliphatic rings. The van der Waals surface area contributed by atoms with Crippen molar-refractivity contribution in [3.05, 3.63) is 35.4 Å². The van der Waals surface area contributed by atoms with Gasteiger partial charge in [-0.1, -0.05) is 17.7 Å². The van der Waals surface area contributed by atoms with Gasteiger partial charge in [0.05, 0.1) is 19.8 Å². The average Bonchev–Trinajstić information content (AvgIpc) is 3.35. The fourth-order valence-corrected chi connectivity index (χ4v) is 5.22. The maximum Gasteiger partial charge on any atom is 0.323 e. The second kappa shape index (κ2) is 8.44. The zero-order valence-corrected chi connectivity index (χ0v) is 17.6. The Bertz CT molecular complexity index is 757. The summed E-state index contributed by atoms with van der Waals surface area (Å²) in [5.74, 6) is 0.00943. The van der Waals surface area contributed by atoms with Crippen LogP contribution in [0.1, 0.15) is 48.0 Å². The van der Waals surface area contributed by atoms with Crippen molar-refractivity contribution in [3.63, 3.8) is 0 Å². The molecule has 29 heavy (non-hydrogen) atoms. The number of carbonyl (C=O) groups excluding carboxylic acids is 2. The number of esters is 1. The largest absolute Gasteiger partial charge is 0.468 e. The fraction of sp³-hybridized carbons (Fsp3) is 0.652.